The summed E-state index contributed by atoms with van der Waals surface area (Å²) in [6.07, 6.45) is 1.11. The van der Waals surface area contributed by atoms with Gasteiger partial charge in [-0.15, -0.1) is 0 Å². The average molecular weight is 352 g/mol. The molecule has 2 nitrogen and oxygen atoms in total. The first-order chi connectivity index (χ1) is 10.2. The summed E-state index contributed by atoms with van der Waals surface area (Å²) in [5.41, 5.74) is 2.32. The predicted molar refractivity (Wildman–Crippen MR) is 86.9 cm³/mol. The summed E-state index contributed by atoms with van der Waals surface area (Å²) in [5.74, 6) is 0.218. The normalized spacial score (nSPS) is 10.6. The Hall–Kier alpha value is -1.39. The molecule has 2 aromatic carbocycles. The molecule has 0 radical (unpaired) electrons. The summed E-state index contributed by atoms with van der Waals surface area (Å²) in [4.78, 5) is 0. The lowest BCUT2D eigenvalue weighted by Gasteiger charge is -2.12. The van der Waals surface area contributed by atoms with Gasteiger partial charge in [0, 0.05) is 17.1 Å². The highest BCUT2D eigenvalue weighted by atomic mass is 79.9. The standard InChI is InChI=1S/C17H19BrFNO/c1-2-7-20-11-13-5-3-4-6-14(13)12-21-17-9-15(18)8-16(19)10-17/h3-6,8-10,20H,2,7,11-12H2,1H3. The van der Waals surface area contributed by atoms with Crippen LogP contribution in [0.3, 0.4) is 0 Å². The maximum Gasteiger partial charge on any atom is 0.128 e. The fourth-order valence-corrected chi connectivity index (χ4v) is 2.49. The summed E-state index contributed by atoms with van der Waals surface area (Å²) in [6.45, 7) is 4.38. The first kappa shape index (κ1) is 16.0. The highest BCUT2D eigenvalue weighted by Gasteiger charge is 2.04. The van der Waals surface area contributed by atoms with Crippen LogP contribution in [0.5, 0.6) is 5.75 Å². The third-order valence-corrected chi connectivity index (χ3v) is 3.55. The van der Waals surface area contributed by atoms with Crippen molar-refractivity contribution in [3.8, 4) is 5.75 Å². The van der Waals surface area contributed by atoms with Crippen molar-refractivity contribution in [2.45, 2.75) is 26.5 Å². The van der Waals surface area contributed by atoms with Gasteiger partial charge in [-0.25, -0.2) is 4.39 Å². The lowest BCUT2D eigenvalue weighted by Crippen LogP contribution is -2.15. The van der Waals surface area contributed by atoms with Crippen LogP contribution in [0.25, 0.3) is 0 Å². The van der Waals surface area contributed by atoms with E-state index in [1.54, 1.807) is 6.07 Å². The third-order valence-electron chi connectivity index (χ3n) is 3.09. The molecule has 0 aliphatic rings. The Kier molecular flexibility index (Phi) is 6.21. The summed E-state index contributed by atoms with van der Waals surface area (Å²) in [5, 5.41) is 3.39. The molecule has 0 saturated carbocycles. The SMILES string of the molecule is CCCNCc1ccccc1COc1cc(F)cc(Br)c1. The van der Waals surface area contributed by atoms with Crippen molar-refractivity contribution >= 4 is 15.9 Å². The van der Waals surface area contributed by atoms with Crippen LogP contribution in [0.15, 0.2) is 46.9 Å². The maximum absolute atomic E-state index is 13.3. The van der Waals surface area contributed by atoms with Gasteiger partial charge in [-0.2, -0.15) is 0 Å². The van der Waals surface area contributed by atoms with E-state index in [0.29, 0.717) is 16.8 Å². The molecule has 0 heterocycles. The Labute approximate surface area is 133 Å². The van der Waals surface area contributed by atoms with E-state index in [-0.39, 0.29) is 5.82 Å². The van der Waals surface area contributed by atoms with E-state index in [2.05, 4.69) is 34.2 Å². The molecule has 0 aromatic heterocycles. The number of hydrogen-bond acceptors (Lipinski definition) is 2. The number of halogens is 2. The monoisotopic (exact) mass is 351 g/mol. The third kappa shape index (κ3) is 5.14. The fraction of sp³-hybridized carbons (Fsp3) is 0.294. The average Bonchev–Trinajstić information content (AvgIpc) is 2.45. The molecular formula is C17H19BrFNO. The van der Waals surface area contributed by atoms with E-state index in [1.807, 2.05) is 18.2 Å². The van der Waals surface area contributed by atoms with Crippen molar-refractivity contribution in [2.75, 3.05) is 6.54 Å². The van der Waals surface area contributed by atoms with Crippen LogP contribution in [0.4, 0.5) is 4.39 Å². The van der Waals surface area contributed by atoms with E-state index in [4.69, 9.17) is 4.74 Å². The van der Waals surface area contributed by atoms with Gasteiger partial charge in [0.1, 0.15) is 18.2 Å². The molecule has 1 N–H and O–H groups in total. The van der Waals surface area contributed by atoms with Gasteiger partial charge in [-0.1, -0.05) is 47.1 Å². The Balaban J connectivity index is 2.02. The molecule has 0 atom stereocenters. The van der Waals surface area contributed by atoms with Crippen molar-refractivity contribution in [2.24, 2.45) is 0 Å². The van der Waals surface area contributed by atoms with Crippen molar-refractivity contribution in [1.82, 2.24) is 5.32 Å². The van der Waals surface area contributed by atoms with Gasteiger partial charge in [0.05, 0.1) is 0 Å². The Morgan fingerprint density at radius 3 is 2.62 bits per heavy atom. The summed E-state index contributed by atoms with van der Waals surface area (Å²) in [6, 6.07) is 12.7. The largest absolute Gasteiger partial charge is 0.489 e. The lowest BCUT2D eigenvalue weighted by molar-refractivity contribution is 0.303. The molecule has 0 aliphatic carbocycles. The molecule has 0 amide bonds. The van der Waals surface area contributed by atoms with E-state index in [9.17, 15) is 4.39 Å². The van der Waals surface area contributed by atoms with Crippen LogP contribution in [-0.2, 0) is 13.2 Å². The molecule has 0 aliphatic heterocycles. The molecule has 21 heavy (non-hydrogen) atoms. The van der Waals surface area contributed by atoms with Crippen molar-refractivity contribution < 1.29 is 9.13 Å². The minimum Gasteiger partial charge on any atom is -0.489 e. The maximum atomic E-state index is 13.3. The summed E-state index contributed by atoms with van der Waals surface area (Å²) < 4.78 is 19.7. The Morgan fingerprint density at radius 1 is 1.14 bits per heavy atom. The van der Waals surface area contributed by atoms with Crippen molar-refractivity contribution in [3.63, 3.8) is 0 Å². The van der Waals surface area contributed by atoms with Gasteiger partial charge in [0.25, 0.3) is 0 Å². The van der Waals surface area contributed by atoms with Crippen LogP contribution in [0.2, 0.25) is 0 Å². The second-order valence-electron chi connectivity index (χ2n) is 4.84. The second kappa shape index (κ2) is 8.15. The molecule has 2 aromatic rings. The van der Waals surface area contributed by atoms with Gasteiger partial charge in [-0.3, -0.25) is 0 Å². The molecule has 0 fully saturated rings. The summed E-state index contributed by atoms with van der Waals surface area (Å²) in [7, 11) is 0. The van der Waals surface area contributed by atoms with E-state index < -0.39 is 0 Å². The first-order valence-corrected chi connectivity index (χ1v) is 7.84. The lowest BCUT2D eigenvalue weighted by atomic mass is 10.1. The first-order valence-electron chi connectivity index (χ1n) is 7.05. The number of benzene rings is 2. The van der Waals surface area contributed by atoms with Crippen LogP contribution in [0, 0.1) is 5.82 Å². The minimum atomic E-state index is -0.308. The Morgan fingerprint density at radius 2 is 1.90 bits per heavy atom. The van der Waals surface area contributed by atoms with Crippen LogP contribution >= 0.6 is 15.9 Å². The smallest absolute Gasteiger partial charge is 0.128 e. The molecule has 112 valence electrons. The van der Waals surface area contributed by atoms with Gasteiger partial charge in [-0.05, 0) is 36.2 Å². The zero-order valence-electron chi connectivity index (χ0n) is 12.0. The van der Waals surface area contributed by atoms with E-state index in [1.165, 1.54) is 17.7 Å². The molecule has 0 spiro atoms. The highest BCUT2D eigenvalue weighted by molar-refractivity contribution is 9.10. The number of hydrogen-bond donors (Lipinski definition) is 1. The second-order valence-corrected chi connectivity index (χ2v) is 5.75. The molecule has 2 rings (SSSR count). The zero-order valence-corrected chi connectivity index (χ0v) is 13.6. The minimum absolute atomic E-state index is 0.308. The van der Waals surface area contributed by atoms with E-state index in [0.717, 1.165) is 25.1 Å². The number of ether oxygens (including phenoxy) is 1. The molecular weight excluding hydrogens is 333 g/mol. The van der Waals surface area contributed by atoms with Crippen LogP contribution in [-0.4, -0.2) is 6.54 Å². The molecule has 0 unspecified atom stereocenters. The topological polar surface area (TPSA) is 21.3 Å². The van der Waals surface area contributed by atoms with Crippen molar-refractivity contribution in [1.29, 1.82) is 0 Å². The van der Waals surface area contributed by atoms with Crippen LogP contribution in [0.1, 0.15) is 24.5 Å². The molecule has 4 heteroatoms. The zero-order chi connectivity index (χ0) is 15.1. The van der Waals surface area contributed by atoms with Gasteiger partial charge in [0.15, 0.2) is 0 Å². The van der Waals surface area contributed by atoms with Gasteiger partial charge >= 0.3 is 0 Å². The number of nitrogens with one attached hydrogen (secondary N) is 1. The molecule has 0 bridgehead atoms. The summed E-state index contributed by atoms with van der Waals surface area (Å²) >= 11 is 3.27. The Bertz CT molecular complexity index is 569. The van der Waals surface area contributed by atoms with E-state index >= 15 is 0 Å². The fourth-order valence-electron chi connectivity index (χ4n) is 2.04. The highest BCUT2D eigenvalue weighted by Crippen LogP contribution is 2.22. The predicted octanol–water partition coefficient (Wildman–Crippen LogP) is 4.67. The van der Waals surface area contributed by atoms with Gasteiger partial charge < -0.3 is 10.1 Å². The number of rotatable bonds is 7. The van der Waals surface area contributed by atoms with Gasteiger partial charge in [0.2, 0.25) is 0 Å². The molecule has 0 saturated heterocycles. The van der Waals surface area contributed by atoms with Crippen molar-refractivity contribution in [3.05, 3.63) is 63.9 Å². The van der Waals surface area contributed by atoms with Crippen LogP contribution < -0.4 is 10.1 Å². The quantitative estimate of drug-likeness (QED) is 0.732.